The quantitative estimate of drug-likeness (QED) is 0.647. The summed E-state index contributed by atoms with van der Waals surface area (Å²) in [6.45, 7) is 8.16. The maximum atomic E-state index is 8.10. The molecule has 2 aromatic rings. The fourth-order valence-corrected chi connectivity index (χ4v) is 1.80. The van der Waals surface area contributed by atoms with Crippen molar-refractivity contribution in [2.45, 2.75) is 33.1 Å². The summed E-state index contributed by atoms with van der Waals surface area (Å²) in [5.41, 5.74) is 3.26. The molecule has 0 fully saturated rings. The molecule has 0 spiro atoms. The highest BCUT2D eigenvalue weighted by atomic mass is 14.2. The Hall–Kier alpha value is -1.56. The van der Waals surface area contributed by atoms with Crippen molar-refractivity contribution in [3.63, 3.8) is 0 Å². The van der Waals surface area contributed by atoms with Gasteiger partial charge in [-0.1, -0.05) is 69.2 Å². The van der Waals surface area contributed by atoms with Crippen LogP contribution in [0.2, 0.25) is 0 Å². The van der Waals surface area contributed by atoms with Gasteiger partial charge in [-0.2, -0.15) is 0 Å². The van der Waals surface area contributed by atoms with Crippen LogP contribution in [-0.4, -0.2) is 0 Å². The molecule has 0 N–H and O–H groups in total. The minimum atomic E-state index is -0.180. The third-order valence-corrected chi connectivity index (χ3v) is 2.91. The summed E-state index contributed by atoms with van der Waals surface area (Å²) in [6.07, 6.45) is 0. The van der Waals surface area contributed by atoms with Gasteiger partial charge in [-0.25, -0.2) is 0 Å². The molecule has 0 heteroatoms. The van der Waals surface area contributed by atoms with Gasteiger partial charge in [0.2, 0.25) is 0 Å². The lowest BCUT2D eigenvalue weighted by atomic mass is 9.86. The van der Waals surface area contributed by atoms with E-state index in [1.165, 1.54) is 5.56 Å². The van der Waals surface area contributed by atoms with Gasteiger partial charge in [-0.05, 0) is 34.6 Å². The summed E-state index contributed by atoms with van der Waals surface area (Å²) < 4.78 is 31.5. The fourth-order valence-electron chi connectivity index (χ4n) is 1.80. The van der Waals surface area contributed by atoms with Crippen molar-refractivity contribution in [2.75, 3.05) is 0 Å². The van der Waals surface area contributed by atoms with E-state index in [1.807, 2.05) is 24.3 Å². The standard InChI is InChI=1S/C17H20/c1-13-7-5-6-8-16(13)14-9-11-15(12-10-14)17(2,3)4/h5-12H,1-4H3/i5D,6D,7D,8D. The first-order valence-electron chi connectivity index (χ1n) is 7.82. The maximum absolute atomic E-state index is 8.10. The van der Waals surface area contributed by atoms with Crippen molar-refractivity contribution in [1.29, 1.82) is 0 Å². The lowest BCUT2D eigenvalue weighted by molar-refractivity contribution is 0.590. The number of benzene rings is 2. The van der Waals surface area contributed by atoms with E-state index in [-0.39, 0.29) is 29.6 Å². The van der Waals surface area contributed by atoms with Gasteiger partial charge in [-0.3, -0.25) is 0 Å². The topological polar surface area (TPSA) is 0 Å². The van der Waals surface area contributed by atoms with E-state index < -0.39 is 0 Å². The normalized spacial score (nSPS) is 14.8. The number of rotatable bonds is 1. The van der Waals surface area contributed by atoms with E-state index in [1.54, 1.807) is 6.92 Å². The molecule has 88 valence electrons. The summed E-state index contributed by atoms with van der Waals surface area (Å²) in [5, 5.41) is 0. The van der Waals surface area contributed by atoms with E-state index in [4.69, 9.17) is 5.48 Å². The van der Waals surface area contributed by atoms with Crippen LogP contribution in [0, 0.1) is 6.92 Å². The molecule has 2 rings (SSSR count). The van der Waals surface area contributed by atoms with Gasteiger partial charge >= 0.3 is 0 Å². The molecular weight excluding hydrogens is 204 g/mol. The van der Waals surface area contributed by atoms with Crippen LogP contribution in [0.3, 0.4) is 0 Å². The Labute approximate surface area is 110 Å². The smallest absolute Gasteiger partial charge is 0.0620 e. The molecule has 0 aliphatic heterocycles. The van der Waals surface area contributed by atoms with E-state index in [9.17, 15) is 0 Å². The summed E-state index contributed by atoms with van der Waals surface area (Å²) >= 11 is 0. The Kier molecular flexibility index (Phi) is 1.98. The van der Waals surface area contributed by atoms with Crippen LogP contribution in [0.4, 0.5) is 0 Å². The fraction of sp³-hybridized carbons (Fsp3) is 0.294. The first kappa shape index (κ1) is 7.71. The lowest BCUT2D eigenvalue weighted by Crippen LogP contribution is -2.10. The van der Waals surface area contributed by atoms with Crippen LogP contribution in [-0.2, 0) is 5.41 Å². The van der Waals surface area contributed by atoms with Crippen LogP contribution in [0.15, 0.2) is 48.4 Å². The molecule has 0 atom stereocenters. The van der Waals surface area contributed by atoms with Crippen molar-refractivity contribution in [3.8, 4) is 11.1 Å². The third kappa shape index (κ3) is 2.58. The maximum Gasteiger partial charge on any atom is 0.0629 e. The molecule has 0 heterocycles. The monoisotopic (exact) mass is 228 g/mol. The molecular formula is C17H20. The van der Waals surface area contributed by atoms with E-state index >= 15 is 0 Å². The van der Waals surface area contributed by atoms with Crippen LogP contribution in [0.25, 0.3) is 11.1 Å². The lowest BCUT2D eigenvalue weighted by Gasteiger charge is -2.19. The first-order chi connectivity index (χ1) is 9.64. The third-order valence-electron chi connectivity index (χ3n) is 2.91. The second kappa shape index (κ2) is 4.37. The Balaban J connectivity index is 2.63. The zero-order chi connectivity index (χ0) is 15.9. The summed E-state index contributed by atoms with van der Waals surface area (Å²) in [6, 6.07) is 7.62. The van der Waals surface area contributed by atoms with Crippen molar-refractivity contribution in [3.05, 3.63) is 59.6 Å². The molecule has 0 amide bonds. The van der Waals surface area contributed by atoms with Crippen molar-refractivity contribution < 1.29 is 5.48 Å². The molecule has 0 saturated carbocycles. The van der Waals surface area contributed by atoms with Gasteiger partial charge in [0.25, 0.3) is 0 Å². The average molecular weight is 228 g/mol. The highest BCUT2D eigenvalue weighted by molar-refractivity contribution is 5.67. The second-order valence-electron chi connectivity index (χ2n) is 5.33. The molecule has 2 aromatic carbocycles. The highest BCUT2D eigenvalue weighted by Crippen LogP contribution is 2.27. The van der Waals surface area contributed by atoms with Crippen molar-refractivity contribution >= 4 is 0 Å². The minimum Gasteiger partial charge on any atom is -0.0620 e. The van der Waals surface area contributed by atoms with E-state index in [0.29, 0.717) is 11.1 Å². The highest BCUT2D eigenvalue weighted by Gasteiger charge is 2.13. The molecule has 0 unspecified atom stereocenters. The van der Waals surface area contributed by atoms with Gasteiger partial charge in [0, 0.05) is 0 Å². The summed E-state index contributed by atoms with van der Waals surface area (Å²) in [7, 11) is 0. The molecule has 0 bridgehead atoms. The Morgan fingerprint density at radius 2 is 1.53 bits per heavy atom. The largest absolute Gasteiger partial charge is 0.0629 e. The first-order valence-corrected chi connectivity index (χ1v) is 5.82. The predicted octanol–water partition coefficient (Wildman–Crippen LogP) is 4.96. The summed E-state index contributed by atoms with van der Waals surface area (Å²) in [5.74, 6) is 0. The molecule has 0 aromatic heterocycles. The number of hydrogen-bond acceptors (Lipinski definition) is 0. The Morgan fingerprint density at radius 3 is 2.12 bits per heavy atom. The van der Waals surface area contributed by atoms with Gasteiger partial charge in [-0.15, -0.1) is 0 Å². The van der Waals surface area contributed by atoms with Crippen LogP contribution < -0.4 is 0 Å². The SMILES string of the molecule is [2H]c1c([2H])c([2H])c(-c2ccc(C(C)(C)C)cc2)c(C)c1[2H]. The molecule has 0 aliphatic rings. The average Bonchev–Trinajstić information content (AvgIpc) is 2.43. The number of hydrogen-bond donors (Lipinski definition) is 0. The summed E-state index contributed by atoms with van der Waals surface area (Å²) in [4.78, 5) is 0. The minimum absolute atomic E-state index is 0.0250. The molecule has 0 saturated heterocycles. The van der Waals surface area contributed by atoms with Gasteiger partial charge in [0.1, 0.15) is 0 Å². The van der Waals surface area contributed by atoms with E-state index in [2.05, 4.69) is 20.8 Å². The van der Waals surface area contributed by atoms with Crippen molar-refractivity contribution in [1.82, 2.24) is 0 Å². The zero-order valence-corrected chi connectivity index (χ0v) is 10.8. The van der Waals surface area contributed by atoms with Crippen LogP contribution >= 0.6 is 0 Å². The van der Waals surface area contributed by atoms with Gasteiger partial charge in [0.05, 0.1) is 5.48 Å². The zero-order valence-electron chi connectivity index (χ0n) is 14.8. The Morgan fingerprint density at radius 1 is 0.941 bits per heavy atom. The predicted molar refractivity (Wildman–Crippen MR) is 75.3 cm³/mol. The molecule has 17 heavy (non-hydrogen) atoms. The van der Waals surface area contributed by atoms with Crippen molar-refractivity contribution in [2.24, 2.45) is 0 Å². The molecule has 0 nitrogen and oxygen atoms in total. The molecule has 0 radical (unpaired) electrons. The Bertz CT molecular complexity index is 650. The van der Waals surface area contributed by atoms with Gasteiger partial charge < -0.3 is 0 Å². The molecule has 0 aliphatic carbocycles. The second-order valence-corrected chi connectivity index (χ2v) is 5.33. The van der Waals surface area contributed by atoms with Crippen LogP contribution in [0.5, 0.6) is 0 Å². The van der Waals surface area contributed by atoms with Gasteiger partial charge in [0.15, 0.2) is 0 Å². The van der Waals surface area contributed by atoms with E-state index in [0.717, 1.165) is 5.56 Å². The van der Waals surface area contributed by atoms with Crippen LogP contribution in [0.1, 0.15) is 37.4 Å².